The van der Waals surface area contributed by atoms with Crippen LogP contribution in [-0.2, 0) is 9.53 Å². The summed E-state index contributed by atoms with van der Waals surface area (Å²) < 4.78 is 5.20. The van der Waals surface area contributed by atoms with E-state index in [9.17, 15) is 4.79 Å². The topological polar surface area (TPSA) is 26.3 Å². The van der Waals surface area contributed by atoms with Gasteiger partial charge in [0, 0.05) is 6.42 Å². The molecule has 0 aromatic heterocycles. The molecule has 0 aliphatic rings. The maximum absolute atomic E-state index is 11.0. The van der Waals surface area contributed by atoms with Gasteiger partial charge in [-0.1, -0.05) is 34.1 Å². The van der Waals surface area contributed by atoms with Crippen molar-refractivity contribution < 1.29 is 9.53 Å². The van der Waals surface area contributed by atoms with Crippen LogP contribution < -0.4 is 0 Å². The minimum absolute atomic E-state index is 0.0439. The van der Waals surface area contributed by atoms with Crippen molar-refractivity contribution in [1.82, 2.24) is 0 Å². The monoisotopic (exact) mass is 186 g/mol. The Kier molecular flexibility index (Phi) is 5.04. The summed E-state index contributed by atoms with van der Waals surface area (Å²) in [5.74, 6) is -0.0978. The lowest BCUT2D eigenvalue weighted by molar-refractivity contribution is -0.149. The first-order valence-corrected chi connectivity index (χ1v) is 5.10. The zero-order valence-corrected chi connectivity index (χ0v) is 9.52. The molecule has 2 heteroatoms. The molecule has 0 aliphatic carbocycles. The number of carbonyl (C=O) groups is 1. The lowest BCUT2D eigenvalue weighted by atomic mass is 9.84. The van der Waals surface area contributed by atoms with Crippen LogP contribution in [0.15, 0.2) is 0 Å². The standard InChI is InChI=1S/C11H22O2/c1-6-10(12)13-9(3)8-11(4,5)7-2/h9H,6-8H2,1-5H3. The first-order chi connectivity index (χ1) is 5.91. The summed E-state index contributed by atoms with van der Waals surface area (Å²) >= 11 is 0. The second-order valence-corrected chi connectivity index (χ2v) is 4.38. The highest BCUT2D eigenvalue weighted by Crippen LogP contribution is 2.27. The molecule has 13 heavy (non-hydrogen) atoms. The molecule has 0 spiro atoms. The fraction of sp³-hybridized carbons (Fsp3) is 0.909. The van der Waals surface area contributed by atoms with Gasteiger partial charge in [-0.2, -0.15) is 0 Å². The molecule has 0 amide bonds. The predicted molar refractivity (Wildman–Crippen MR) is 54.5 cm³/mol. The third-order valence-corrected chi connectivity index (χ3v) is 2.42. The Bertz CT molecular complexity index is 161. The summed E-state index contributed by atoms with van der Waals surface area (Å²) in [6.07, 6.45) is 2.56. The summed E-state index contributed by atoms with van der Waals surface area (Å²) in [6.45, 7) is 10.3. The summed E-state index contributed by atoms with van der Waals surface area (Å²) in [4.78, 5) is 11.0. The van der Waals surface area contributed by atoms with E-state index < -0.39 is 0 Å². The largest absolute Gasteiger partial charge is 0.463 e. The predicted octanol–water partition coefficient (Wildman–Crippen LogP) is 3.15. The van der Waals surface area contributed by atoms with Crippen LogP contribution in [0.5, 0.6) is 0 Å². The fourth-order valence-corrected chi connectivity index (χ4v) is 1.27. The first-order valence-electron chi connectivity index (χ1n) is 5.10. The van der Waals surface area contributed by atoms with Gasteiger partial charge in [0.2, 0.25) is 0 Å². The first kappa shape index (κ1) is 12.5. The molecule has 0 bridgehead atoms. The van der Waals surface area contributed by atoms with Crippen molar-refractivity contribution in [3.63, 3.8) is 0 Å². The summed E-state index contributed by atoms with van der Waals surface area (Å²) in [6, 6.07) is 0. The van der Waals surface area contributed by atoms with Gasteiger partial charge in [0.1, 0.15) is 0 Å². The van der Waals surface area contributed by atoms with Crippen LogP contribution in [0.25, 0.3) is 0 Å². The van der Waals surface area contributed by atoms with E-state index in [0.717, 1.165) is 12.8 Å². The Balaban J connectivity index is 3.86. The van der Waals surface area contributed by atoms with E-state index in [1.54, 1.807) is 0 Å². The van der Waals surface area contributed by atoms with Crippen LogP contribution in [0.4, 0.5) is 0 Å². The number of ether oxygens (including phenoxy) is 1. The molecule has 0 radical (unpaired) electrons. The van der Waals surface area contributed by atoms with Crippen molar-refractivity contribution >= 4 is 5.97 Å². The average Bonchev–Trinajstić information content (AvgIpc) is 2.03. The SMILES string of the molecule is CCC(=O)OC(C)CC(C)(C)CC. The van der Waals surface area contributed by atoms with Crippen LogP contribution in [0.3, 0.4) is 0 Å². The molecule has 0 heterocycles. The third kappa shape index (κ3) is 5.67. The van der Waals surface area contributed by atoms with Gasteiger partial charge in [-0.25, -0.2) is 0 Å². The molecule has 2 nitrogen and oxygen atoms in total. The number of hydrogen-bond donors (Lipinski definition) is 0. The quantitative estimate of drug-likeness (QED) is 0.616. The van der Waals surface area contributed by atoms with Crippen LogP contribution in [0, 0.1) is 5.41 Å². The Morgan fingerprint density at radius 3 is 2.31 bits per heavy atom. The van der Waals surface area contributed by atoms with Gasteiger partial charge in [-0.05, 0) is 18.8 Å². The molecule has 1 atom stereocenters. The third-order valence-electron chi connectivity index (χ3n) is 2.42. The lowest BCUT2D eigenvalue weighted by Crippen LogP contribution is -2.22. The minimum atomic E-state index is -0.0978. The van der Waals surface area contributed by atoms with E-state index in [4.69, 9.17) is 4.74 Å². The molecule has 0 saturated heterocycles. The molecule has 0 saturated carbocycles. The van der Waals surface area contributed by atoms with Crippen molar-refractivity contribution in [3.05, 3.63) is 0 Å². The highest BCUT2D eigenvalue weighted by atomic mass is 16.5. The van der Waals surface area contributed by atoms with Crippen LogP contribution in [0.1, 0.15) is 53.9 Å². The summed E-state index contributed by atoms with van der Waals surface area (Å²) in [7, 11) is 0. The van der Waals surface area contributed by atoms with Crippen LogP contribution >= 0.6 is 0 Å². The zero-order valence-electron chi connectivity index (χ0n) is 9.52. The summed E-state index contributed by atoms with van der Waals surface area (Å²) in [5.41, 5.74) is 0.271. The van der Waals surface area contributed by atoms with E-state index in [-0.39, 0.29) is 17.5 Å². The van der Waals surface area contributed by atoms with Crippen molar-refractivity contribution in [2.24, 2.45) is 5.41 Å². The minimum Gasteiger partial charge on any atom is -0.463 e. The second-order valence-electron chi connectivity index (χ2n) is 4.38. The van der Waals surface area contributed by atoms with Crippen molar-refractivity contribution in [3.8, 4) is 0 Å². The Hall–Kier alpha value is -0.530. The maximum atomic E-state index is 11.0. The lowest BCUT2D eigenvalue weighted by Gasteiger charge is -2.26. The highest BCUT2D eigenvalue weighted by Gasteiger charge is 2.20. The van der Waals surface area contributed by atoms with Gasteiger partial charge in [0.15, 0.2) is 0 Å². The van der Waals surface area contributed by atoms with Gasteiger partial charge >= 0.3 is 5.97 Å². The van der Waals surface area contributed by atoms with Crippen molar-refractivity contribution in [2.45, 2.75) is 60.0 Å². The molecule has 1 unspecified atom stereocenters. The maximum Gasteiger partial charge on any atom is 0.305 e. The van der Waals surface area contributed by atoms with Gasteiger partial charge in [-0.3, -0.25) is 4.79 Å². The molecule has 0 rings (SSSR count). The molecule has 78 valence electrons. The van der Waals surface area contributed by atoms with E-state index in [1.165, 1.54) is 0 Å². The molecule has 0 aromatic carbocycles. The van der Waals surface area contributed by atoms with Crippen LogP contribution in [0.2, 0.25) is 0 Å². The Labute approximate surface area is 81.7 Å². The molecular formula is C11H22O2. The van der Waals surface area contributed by atoms with Gasteiger partial charge in [0.05, 0.1) is 6.10 Å². The number of hydrogen-bond acceptors (Lipinski definition) is 2. The fourth-order valence-electron chi connectivity index (χ4n) is 1.27. The number of esters is 1. The van der Waals surface area contributed by atoms with Crippen LogP contribution in [-0.4, -0.2) is 12.1 Å². The van der Waals surface area contributed by atoms with E-state index in [1.807, 2.05) is 13.8 Å². The molecule has 0 aromatic rings. The zero-order chi connectivity index (χ0) is 10.5. The van der Waals surface area contributed by atoms with Crippen molar-refractivity contribution in [1.29, 1.82) is 0 Å². The van der Waals surface area contributed by atoms with E-state index in [0.29, 0.717) is 6.42 Å². The molecule has 0 aliphatic heterocycles. The van der Waals surface area contributed by atoms with Gasteiger partial charge < -0.3 is 4.74 Å². The average molecular weight is 186 g/mol. The molecule has 0 N–H and O–H groups in total. The second kappa shape index (κ2) is 5.25. The highest BCUT2D eigenvalue weighted by molar-refractivity contribution is 5.69. The number of rotatable bonds is 5. The van der Waals surface area contributed by atoms with Crippen molar-refractivity contribution in [2.75, 3.05) is 0 Å². The Morgan fingerprint density at radius 2 is 1.92 bits per heavy atom. The summed E-state index contributed by atoms with van der Waals surface area (Å²) in [5, 5.41) is 0. The normalized spacial score (nSPS) is 13.9. The van der Waals surface area contributed by atoms with Gasteiger partial charge in [0.25, 0.3) is 0 Å². The molecule has 0 fully saturated rings. The van der Waals surface area contributed by atoms with E-state index in [2.05, 4.69) is 20.8 Å². The van der Waals surface area contributed by atoms with E-state index >= 15 is 0 Å². The number of carbonyl (C=O) groups excluding carboxylic acids is 1. The smallest absolute Gasteiger partial charge is 0.305 e. The molecular weight excluding hydrogens is 164 g/mol. The van der Waals surface area contributed by atoms with Gasteiger partial charge in [-0.15, -0.1) is 0 Å². The Morgan fingerprint density at radius 1 is 1.38 bits per heavy atom.